The van der Waals surface area contributed by atoms with Crippen LogP contribution in [0.2, 0.25) is 15.1 Å². The van der Waals surface area contributed by atoms with Gasteiger partial charge in [0.05, 0.1) is 15.7 Å². The Hall–Kier alpha value is -2.27. The van der Waals surface area contributed by atoms with Gasteiger partial charge >= 0.3 is 5.97 Å². The van der Waals surface area contributed by atoms with Crippen molar-refractivity contribution in [2.24, 2.45) is 0 Å². The van der Waals surface area contributed by atoms with Crippen LogP contribution >= 0.6 is 34.8 Å². The first-order valence-corrected chi connectivity index (χ1v) is 8.29. The van der Waals surface area contributed by atoms with Crippen LogP contribution in [0.4, 0.5) is 0 Å². The van der Waals surface area contributed by atoms with Crippen molar-refractivity contribution >= 4 is 46.8 Å². The van der Waals surface area contributed by atoms with E-state index in [1.807, 2.05) is 12.1 Å². The highest BCUT2D eigenvalue weighted by atomic mass is 35.5. The summed E-state index contributed by atoms with van der Waals surface area (Å²) in [6, 6.07) is 12.3. The lowest BCUT2D eigenvalue weighted by atomic mass is 10.1. The lowest BCUT2D eigenvalue weighted by Gasteiger charge is -2.02. The third kappa shape index (κ3) is 4.04. The summed E-state index contributed by atoms with van der Waals surface area (Å²) in [6.07, 6.45) is 4.28. The number of halogens is 3. The highest BCUT2D eigenvalue weighted by molar-refractivity contribution is 6.42. The van der Waals surface area contributed by atoms with Crippen molar-refractivity contribution in [3.63, 3.8) is 0 Å². The Morgan fingerprint density at radius 1 is 1.04 bits per heavy atom. The average molecular weight is 394 g/mol. The molecule has 3 aromatic rings. The van der Waals surface area contributed by atoms with E-state index in [4.69, 9.17) is 39.9 Å². The van der Waals surface area contributed by atoms with Crippen molar-refractivity contribution in [2.75, 3.05) is 0 Å². The Kier molecular flexibility index (Phi) is 5.13. The first-order valence-electron chi connectivity index (χ1n) is 7.16. The van der Waals surface area contributed by atoms with Crippen LogP contribution in [0.3, 0.4) is 0 Å². The van der Waals surface area contributed by atoms with E-state index in [9.17, 15) is 4.79 Å². The van der Waals surface area contributed by atoms with E-state index in [0.29, 0.717) is 26.3 Å². The van der Waals surface area contributed by atoms with Crippen molar-refractivity contribution in [1.82, 2.24) is 9.78 Å². The topological polar surface area (TPSA) is 55.1 Å². The Morgan fingerprint density at radius 3 is 2.40 bits per heavy atom. The van der Waals surface area contributed by atoms with Gasteiger partial charge in [-0.1, -0.05) is 40.9 Å². The molecule has 126 valence electrons. The molecule has 0 fully saturated rings. The molecule has 1 N–H and O–H groups in total. The van der Waals surface area contributed by atoms with Gasteiger partial charge in [-0.05, 0) is 42.5 Å². The molecule has 0 spiro atoms. The summed E-state index contributed by atoms with van der Waals surface area (Å²) < 4.78 is 1.65. The molecule has 0 amide bonds. The number of carboxylic acids is 1. The van der Waals surface area contributed by atoms with Gasteiger partial charge in [0, 0.05) is 28.4 Å². The zero-order valence-electron chi connectivity index (χ0n) is 12.7. The molecule has 0 saturated heterocycles. The van der Waals surface area contributed by atoms with E-state index >= 15 is 0 Å². The minimum absolute atomic E-state index is 0.397. The maximum Gasteiger partial charge on any atom is 0.328 e. The number of aromatic nitrogens is 2. The molecule has 0 bridgehead atoms. The molecule has 4 nitrogen and oxygen atoms in total. The first kappa shape index (κ1) is 17.5. The highest BCUT2D eigenvalue weighted by Gasteiger charge is 2.12. The fourth-order valence-electron chi connectivity index (χ4n) is 2.26. The van der Waals surface area contributed by atoms with Crippen molar-refractivity contribution in [2.45, 2.75) is 0 Å². The number of hydrogen-bond acceptors (Lipinski definition) is 2. The van der Waals surface area contributed by atoms with Crippen molar-refractivity contribution in [3.05, 3.63) is 75.4 Å². The van der Waals surface area contributed by atoms with Crippen molar-refractivity contribution < 1.29 is 9.90 Å². The molecule has 25 heavy (non-hydrogen) atoms. The molecule has 2 aromatic carbocycles. The van der Waals surface area contributed by atoms with Crippen LogP contribution in [0.1, 0.15) is 5.56 Å². The zero-order chi connectivity index (χ0) is 18.0. The molecule has 0 radical (unpaired) electrons. The highest BCUT2D eigenvalue weighted by Crippen LogP contribution is 2.30. The van der Waals surface area contributed by atoms with E-state index in [1.54, 1.807) is 41.2 Å². The summed E-state index contributed by atoms with van der Waals surface area (Å²) in [5.74, 6) is -1.04. The van der Waals surface area contributed by atoms with Gasteiger partial charge in [-0.2, -0.15) is 5.10 Å². The summed E-state index contributed by atoms with van der Waals surface area (Å²) in [6.45, 7) is 0. The number of carboxylic acid groups (broad SMARTS) is 1. The molecule has 1 aromatic heterocycles. The molecule has 1 heterocycles. The maximum atomic E-state index is 10.9. The molecule has 0 aliphatic heterocycles. The number of nitrogens with zero attached hydrogens (tertiary/aromatic N) is 2. The lowest BCUT2D eigenvalue weighted by Crippen LogP contribution is -1.94. The molecule has 0 saturated carbocycles. The molecular formula is C18H11Cl3N2O2. The van der Waals surface area contributed by atoms with E-state index in [0.717, 1.165) is 17.3 Å². The molecule has 0 unspecified atom stereocenters. The predicted molar refractivity (Wildman–Crippen MR) is 101 cm³/mol. The normalized spacial score (nSPS) is 11.2. The van der Waals surface area contributed by atoms with Gasteiger partial charge in [0.1, 0.15) is 5.69 Å². The third-order valence-corrected chi connectivity index (χ3v) is 4.42. The number of carbonyl (C=O) groups is 1. The minimum Gasteiger partial charge on any atom is -0.478 e. The van der Waals surface area contributed by atoms with E-state index in [-0.39, 0.29) is 0 Å². The van der Waals surface area contributed by atoms with Gasteiger partial charge in [0.25, 0.3) is 0 Å². The predicted octanol–water partition coefficient (Wildman–Crippen LogP) is 5.60. The summed E-state index contributed by atoms with van der Waals surface area (Å²) in [5.41, 5.74) is 2.74. The summed E-state index contributed by atoms with van der Waals surface area (Å²) >= 11 is 18.0. The van der Waals surface area contributed by atoms with Crippen LogP contribution in [0.5, 0.6) is 0 Å². The van der Waals surface area contributed by atoms with E-state index < -0.39 is 5.97 Å². The number of benzene rings is 2. The minimum atomic E-state index is -1.04. The van der Waals surface area contributed by atoms with Crippen molar-refractivity contribution in [3.8, 4) is 16.9 Å². The van der Waals surface area contributed by atoms with Gasteiger partial charge in [0.2, 0.25) is 0 Å². The van der Waals surface area contributed by atoms with Gasteiger partial charge in [0.15, 0.2) is 0 Å². The SMILES string of the molecule is O=C(O)/C=C/c1cn(-c2ccc(Cl)cc2)nc1-c1ccc(Cl)c(Cl)c1. The quantitative estimate of drug-likeness (QED) is 0.587. The Balaban J connectivity index is 2.12. The van der Waals surface area contributed by atoms with E-state index in [2.05, 4.69) is 5.10 Å². The summed E-state index contributed by atoms with van der Waals surface area (Å²) in [4.78, 5) is 10.9. The lowest BCUT2D eigenvalue weighted by molar-refractivity contribution is -0.131. The van der Waals surface area contributed by atoms with Gasteiger partial charge in [-0.15, -0.1) is 0 Å². The van der Waals surface area contributed by atoms with Crippen LogP contribution in [-0.2, 0) is 4.79 Å². The van der Waals surface area contributed by atoms with Crippen molar-refractivity contribution in [1.29, 1.82) is 0 Å². The van der Waals surface area contributed by atoms with Crippen LogP contribution in [0.25, 0.3) is 23.0 Å². The Morgan fingerprint density at radius 2 is 1.76 bits per heavy atom. The Labute approximate surface area is 158 Å². The molecule has 0 aliphatic rings. The maximum absolute atomic E-state index is 10.9. The monoisotopic (exact) mass is 392 g/mol. The fraction of sp³-hybridized carbons (Fsp3) is 0. The second-order valence-electron chi connectivity index (χ2n) is 5.15. The Bertz CT molecular complexity index is 963. The first-order chi connectivity index (χ1) is 11.9. The fourth-order valence-corrected chi connectivity index (χ4v) is 2.69. The molecule has 3 rings (SSSR count). The van der Waals surface area contributed by atoms with Gasteiger partial charge in [-0.3, -0.25) is 0 Å². The third-order valence-electron chi connectivity index (χ3n) is 3.43. The number of hydrogen-bond donors (Lipinski definition) is 1. The van der Waals surface area contributed by atoms with Crippen LogP contribution in [-0.4, -0.2) is 20.9 Å². The molecule has 0 atom stereocenters. The molecule has 0 aliphatic carbocycles. The van der Waals surface area contributed by atoms with Crippen LogP contribution in [0, 0.1) is 0 Å². The second kappa shape index (κ2) is 7.31. The smallest absolute Gasteiger partial charge is 0.328 e. The standard InChI is InChI=1S/C18H11Cl3N2O2/c19-13-3-5-14(6-4-13)23-10-12(2-8-17(24)25)18(22-23)11-1-7-15(20)16(21)9-11/h1-10H,(H,24,25)/b8-2+. The van der Waals surface area contributed by atoms with Gasteiger partial charge < -0.3 is 5.11 Å². The molecule has 7 heteroatoms. The summed E-state index contributed by atoms with van der Waals surface area (Å²) in [5, 5.41) is 14.9. The zero-order valence-corrected chi connectivity index (χ0v) is 14.9. The van der Waals surface area contributed by atoms with Crippen LogP contribution < -0.4 is 0 Å². The van der Waals surface area contributed by atoms with Crippen LogP contribution in [0.15, 0.2) is 54.7 Å². The average Bonchev–Trinajstić information content (AvgIpc) is 3.00. The largest absolute Gasteiger partial charge is 0.478 e. The number of rotatable bonds is 4. The summed E-state index contributed by atoms with van der Waals surface area (Å²) in [7, 11) is 0. The van der Waals surface area contributed by atoms with Gasteiger partial charge in [-0.25, -0.2) is 9.48 Å². The number of aliphatic carboxylic acids is 1. The molecular weight excluding hydrogens is 383 g/mol. The second-order valence-corrected chi connectivity index (χ2v) is 6.41. The van der Waals surface area contributed by atoms with E-state index in [1.165, 1.54) is 6.08 Å².